The molecule has 1 atom stereocenters. The van der Waals surface area contributed by atoms with Crippen LogP contribution in [0.4, 0.5) is 0 Å². The summed E-state index contributed by atoms with van der Waals surface area (Å²) in [5.41, 5.74) is 7.05. The molecule has 1 heterocycles. The molecule has 0 aliphatic rings. The van der Waals surface area contributed by atoms with E-state index in [4.69, 9.17) is 5.73 Å². The van der Waals surface area contributed by atoms with Crippen molar-refractivity contribution >= 4 is 33.2 Å². The maximum atomic E-state index is 12.6. The van der Waals surface area contributed by atoms with Crippen LogP contribution < -0.4 is 11.1 Å². The number of fused-ring (bicyclic) bond motifs is 1. The molecule has 0 spiro atoms. The second-order valence-electron chi connectivity index (χ2n) is 5.27. The lowest BCUT2D eigenvalue weighted by atomic mass is 10.1. The number of carbonyl (C=O) groups excluding carboxylic acids is 2. The van der Waals surface area contributed by atoms with Gasteiger partial charge in [0.2, 0.25) is 5.91 Å². The first-order valence-electron chi connectivity index (χ1n) is 7.21. The maximum absolute atomic E-state index is 12.6. The largest absolute Gasteiger partial charge is 0.368 e. The molecule has 0 radical (unpaired) electrons. The van der Waals surface area contributed by atoms with E-state index in [2.05, 4.69) is 5.32 Å². The molecule has 5 heteroatoms. The van der Waals surface area contributed by atoms with Crippen molar-refractivity contribution in [1.29, 1.82) is 0 Å². The van der Waals surface area contributed by atoms with Gasteiger partial charge >= 0.3 is 0 Å². The molecular weight excluding hydrogens is 308 g/mol. The molecule has 1 aromatic heterocycles. The van der Waals surface area contributed by atoms with Crippen LogP contribution in [0.15, 0.2) is 54.6 Å². The molecular formula is C18H16N2O2S. The quantitative estimate of drug-likeness (QED) is 0.774. The zero-order valence-corrected chi connectivity index (χ0v) is 13.4. The number of hydrogen-bond donors (Lipinski definition) is 2. The molecule has 0 aliphatic heterocycles. The molecule has 0 saturated heterocycles. The van der Waals surface area contributed by atoms with Crippen molar-refractivity contribution in [1.82, 2.24) is 5.32 Å². The highest BCUT2D eigenvalue weighted by molar-refractivity contribution is 7.21. The fourth-order valence-electron chi connectivity index (χ4n) is 2.55. The second-order valence-corrected chi connectivity index (χ2v) is 6.32. The lowest BCUT2D eigenvalue weighted by Gasteiger charge is -2.15. The molecule has 3 rings (SSSR count). The van der Waals surface area contributed by atoms with Crippen molar-refractivity contribution in [2.75, 3.05) is 0 Å². The Bertz CT molecular complexity index is 871. The smallest absolute Gasteiger partial charge is 0.262 e. The van der Waals surface area contributed by atoms with E-state index in [0.717, 1.165) is 15.6 Å². The van der Waals surface area contributed by atoms with E-state index in [1.165, 1.54) is 11.3 Å². The van der Waals surface area contributed by atoms with Crippen LogP contribution in [-0.4, -0.2) is 11.8 Å². The van der Waals surface area contributed by atoms with Gasteiger partial charge in [0.05, 0.1) is 4.88 Å². The number of carbonyl (C=O) groups is 2. The third kappa shape index (κ3) is 2.96. The van der Waals surface area contributed by atoms with E-state index in [-0.39, 0.29) is 5.91 Å². The summed E-state index contributed by atoms with van der Waals surface area (Å²) in [5, 5.41) is 3.80. The molecule has 0 aliphatic carbocycles. The minimum Gasteiger partial charge on any atom is -0.368 e. The highest BCUT2D eigenvalue weighted by Crippen LogP contribution is 2.30. The number of thiophene rings is 1. The van der Waals surface area contributed by atoms with Crippen molar-refractivity contribution < 1.29 is 9.59 Å². The Kier molecular flexibility index (Phi) is 4.12. The Morgan fingerprint density at radius 2 is 1.70 bits per heavy atom. The van der Waals surface area contributed by atoms with E-state index in [1.807, 2.05) is 49.4 Å². The van der Waals surface area contributed by atoms with E-state index in [1.54, 1.807) is 12.1 Å². The topological polar surface area (TPSA) is 72.2 Å². The number of hydrogen-bond acceptors (Lipinski definition) is 3. The van der Waals surface area contributed by atoms with Crippen LogP contribution in [0, 0.1) is 6.92 Å². The summed E-state index contributed by atoms with van der Waals surface area (Å²) >= 11 is 1.42. The maximum Gasteiger partial charge on any atom is 0.262 e. The van der Waals surface area contributed by atoms with E-state index in [0.29, 0.717) is 10.4 Å². The molecule has 0 unspecified atom stereocenters. The van der Waals surface area contributed by atoms with Crippen LogP contribution in [0.2, 0.25) is 0 Å². The predicted octanol–water partition coefficient (Wildman–Crippen LogP) is 3.17. The fourth-order valence-corrected chi connectivity index (χ4v) is 3.66. The highest BCUT2D eigenvalue weighted by Gasteiger charge is 2.23. The van der Waals surface area contributed by atoms with Crippen molar-refractivity contribution in [2.45, 2.75) is 13.0 Å². The van der Waals surface area contributed by atoms with Gasteiger partial charge < -0.3 is 11.1 Å². The zero-order chi connectivity index (χ0) is 16.4. The van der Waals surface area contributed by atoms with Gasteiger partial charge in [0.25, 0.3) is 5.91 Å². The summed E-state index contributed by atoms with van der Waals surface area (Å²) in [6, 6.07) is 16.0. The monoisotopic (exact) mass is 324 g/mol. The molecule has 116 valence electrons. The molecule has 0 bridgehead atoms. The number of aryl methyl sites for hydroxylation is 1. The first-order chi connectivity index (χ1) is 11.1. The first-order valence-corrected chi connectivity index (χ1v) is 8.03. The number of amides is 2. The number of rotatable bonds is 4. The summed E-state index contributed by atoms with van der Waals surface area (Å²) in [4.78, 5) is 25.0. The van der Waals surface area contributed by atoms with Gasteiger partial charge in [-0.15, -0.1) is 11.3 Å². The van der Waals surface area contributed by atoms with Crippen molar-refractivity contribution in [3.05, 3.63) is 70.6 Å². The Labute approximate surface area is 137 Å². The van der Waals surface area contributed by atoms with Crippen LogP contribution in [0.1, 0.15) is 26.8 Å². The Hall–Kier alpha value is -2.66. The second kappa shape index (κ2) is 6.22. The summed E-state index contributed by atoms with van der Waals surface area (Å²) < 4.78 is 1.05. The Balaban J connectivity index is 1.92. The number of nitrogens with two attached hydrogens (primary N) is 1. The number of benzene rings is 2. The average molecular weight is 324 g/mol. The standard InChI is InChI=1S/C18H16N2O2S/c1-11-13-9-5-6-10-14(13)23-16(11)18(22)20-15(17(19)21)12-7-3-2-4-8-12/h2-10,15H,1H3,(H2,19,21)(H,20,22)/t15-/m1/s1. The Morgan fingerprint density at radius 1 is 1.04 bits per heavy atom. The molecule has 23 heavy (non-hydrogen) atoms. The summed E-state index contributed by atoms with van der Waals surface area (Å²) in [5.74, 6) is -0.861. The normalized spacial score (nSPS) is 12.0. The van der Waals surface area contributed by atoms with Crippen molar-refractivity contribution in [2.24, 2.45) is 5.73 Å². The lowest BCUT2D eigenvalue weighted by molar-refractivity contribution is -0.120. The van der Waals surface area contributed by atoms with Crippen LogP contribution in [0.3, 0.4) is 0 Å². The fraction of sp³-hybridized carbons (Fsp3) is 0.111. The van der Waals surface area contributed by atoms with Crippen molar-refractivity contribution in [3.8, 4) is 0 Å². The van der Waals surface area contributed by atoms with Gasteiger partial charge in [-0.3, -0.25) is 9.59 Å². The van der Waals surface area contributed by atoms with Gasteiger partial charge in [-0.1, -0.05) is 48.5 Å². The zero-order valence-electron chi connectivity index (χ0n) is 12.6. The van der Waals surface area contributed by atoms with E-state index in [9.17, 15) is 9.59 Å². The number of primary amides is 1. The van der Waals surface area contributed by atoms with Crippen LogP contribution in [0.25, 0.3) is 10.1 Å². The van der Waals surface area contributed by atoms with Crippen LogP contribution in [0.5, 0.6) is 0 Å². The molecule has 0 saturated carbocycles. The molecule has 2 aromatic carbocycles. The summed E-state index contributed by atoms with van der Waals surface area (Å²) in [7, 11) is 0. The third-order valence-electron chi connectivity index (χ3n) is 3.74. The van der Waals surface area contributed by atoms with E-state index >= 15 is 0 Å². The number of nitrogens with one attached hydrogen (secondary N) is 1. The average Bonchev–Trinajstić information content (AvgIpc) is 2.90. The Morgan fingerprint density at radius 3 is 2.35 bits per heavy atom. The summed E-state index contributed by atoms with van der Waals surface area (Å²) in [6.45, 7) is 1.91. The van der Waals surface area contributed by atoms with Gasteiger partial charge in [-0.2, -0.15) is 0 Å². The molecule has 3 N–H and O–H groups in total. The minimum atomic E-state index is -0.840. The lowest BCUT2D eigenvalue weighted by Crippen LogP contribution is -2.37. The molecule has 2 amide bonds. The first kappa shape index (κ1) is 15.2. The highest BCUT2D eigenvalue weighted by atomic mass is 32.1. The van der Waals surface area contributed by atoms with E-state index < -0.39 is 11.9 Å². The van der Waals surface area contributed by atoms with Crippen molar-refractivity contribution in [3.63, 3.8) is 0 Å². The minimum absolute atomic E-state index is 0.281. The van der Waals surface area contributed by atoms with Gasteiger partial charge in [0, 0.05) is 4.70 Å². The van der Waals surface area contributed by atoms with Gasteiger partial charge in [-0.05, 0) is 29.5 Å². The van der Waals surface area contributed by atoms with Crippen LogP contribution >= 0.6 is 11.3 Å². The van der Waals surface area contributed by atoms with Crippen LogP contribution in [-0.2, 0) is 4.79 Å². The molecule has 4 nitrogen and oxygen atoms in total. The summed E-state index contributed by atoms with van der Waals surface area (Å²) in [6.07, 6.45) is 0. The molecule has 0 fully saturated rings. The SMILES string of the molecule is Cc1c(C(=O)N[C@@H](C(N)=O)c2ccccc2)sc2ccccc12. The third-order valence-corrected chi connectivity index (χ3v) is 5.01. The molecule has 3 aromatic rings. The van der Waals surface area contributed by atoms with Gasteiger partial charge in [-0.25, -0.2) is 0 Å². The van der Waals surface area contributed by atoms with Gasteiger partial charge in [0.15, 0.2) is 0 Å². The van der Waals surface area contributed by atoms with Gasteiger partial charge in [0.1, 0.15) is 6.04 Å². The predicted molar refractivity (Wildman–Crippen MR) is 92.4 cm³/mol.